The van der Waals surface area contributed by atoms with Crippen molar-refractivity contribution >= 4 is 22.7 Å². The van der Waals surface area contributed by atoms with Gasteiger partial charge in [-0.3, -0.25) is 0 Å². The van der Waals surface area contributed by atoms with E-state index in [1.54, 1.807) is 20.0 Å². The van der Waals surface area contributed by atoms with Crippen LogP contribution in [0.4, 0.5) is 0 Å². The molecular formula is C26H34N4O2S2. The third-order valence-corrected chi connectivity index (χ3v) is 9.63. The number of nitrogens with one attached hydrogen (secondary N) is 1. The Kier molecular flexibility index (Phi) is 6.18. The number of hydrogen-bond acceptors (Lipinski definition) is 6. The van der Waals surface area contributed by atoms with Crippen molar-refractivity contribution in [3.8, 4) is 5.69 Å². The summed E-state index contributed by atoms with van der Waals surface area (Å²) >= 11 is 0.136. The summed E-state index contributed by atoms with van der Waals surface area (Å²) in [5, 5.41) is 16.1. The minimum atomic E-state index is -1.30. The number of nitrogens with zero attached hydrogens (tertiary/aromatic N) is 3. The molecule has 182 valence electrons. The van der Waals surface area contributed by atoms with Gasteiger partial charge in [0.05, 0.1) is 16.3 Å². The number of hydrogen-bond donors (Lipinski definition) is 2. The van der Waals surface area contributed by atoms with Crippen molar-refractivity contribution in [2.45, 2.75) is 89.5 Å². The Morgan fingerprint density at radius 2 is 1.74 bits per heavy atom. The van der Waals surface area contributed by atoms with Crippen LogP contribution in [-0.2, 0) is 42.6 Å². The number of aliphatic hydroxyl groups is 1. The lowest BCUT2D eigenvalue weighted by Gasteiger charge is -2.26. The second-order valence-corrected chi connectivity index (χ2v) is 14.0. The SMILES string of the molecule is CC(C)(O)c1ncc([C@@H](N[S@@+]([O-])C(C)(C)C)c2ccn(-c3c4c(cc5c3CCC5)CCC4)n2)s1. The van der Waals surface area contributed by atoms with E-state index in [-0.39, 0.29) is 6.04 Å². The van der Waals surface area contributed by atoms with Crippen molar-refractivity contribution < 1.29 is 9.66 Å². The van der Waals surface area contributed by atoms with Crippen molar-refractivity contribution in [1.29, 1.82) is 0 Å². The predicted molar refractivity (Wildman–Crippen MR) is 138 cm³/mol. The monoisotopic (exact) mass is 498 g/mol. The molecule has 0 saturated heterocycles. The molecule has 0 fully saturated rings. The lowest BCUT2D eigenvalue weighted by molar-refractivity contribution is 0.0783. The van der Waals surface area contributed by atoms with Gasteiger partial charge in [-0.25, -0.2) is 9.67 Å². The van der Waals surface area contributed by atoms with Gasteiger partial charge >= 0.3 is 0 Å². The van der Waals surface area contributed by atoms with E-state index in [1.807, 2.05) is 26.8 Å². The Balaban J connectivity index is 1.56. The molecule has 0 spiro atoms. The highest BCUT2D eigenvalue weighted by atomic mass is 32.2. The molecule has 8 heteroatoms. The van der Waals surface area contributed by atoms with E-state index in [1.165, 1.54) is 52.1 Å². The van der Waals surface area contributed by atoms with Gasteiger partial charge in [-0.05, 0) is 101 Å². The lowest BCUT2D eigenvalue weighted by Crippen LogP contribution is -2.41. The molecule has 2 aliphatic rings. The quantitative estimate of drug-likeness (QED) is 0.482. The Labute approximate surface area is 209 Å². The van der Waals surface area contributed by atoms with Crippen LogP contribution in [0.2, 0.25) is 0 Å². The van der Waals surface area contributed by atoms with Gasteiger partial charge in [-0.2, -0.15) is 5.10 Å². The van der Waals surface area contributed by atoms with Gasteiger partial charge in [-0.15, -0.1) is 16.1 Å². The van der Waals surface area contributed by atoms with E-state index >= 15 is 0 Å². The maximum absolute atomic E-state index is 13.1. The molecule has 0 amide bonds. The van der Waals surface area contributed by atoms with Gasteiger partial charge in [0.25, 0.3) is 0 Å². The first-order valence-electron chi connectivity index (χ1n) is 12.1. The molecule has 2 aliphatic carbocycles. The molecule has 2 aromatic heterocycles. The molecular weight excluding hydrogens is 464 g/mol. The molecule has 0 bridgehead atoms. The minimum absolute atomic E-state index is 0.375. The molecule has 0 radical (unpaired) electrons. The first kappa shape index (κ1) is 24.0. The average Bonchev–Trinajstić information content (AvgIpc) is 3.55. The molecule has 2 heterocycles. The Bertz CT molecular complexity index is 1170. The number of fused-ring (bicyclic) bond motifs is 2. The van der Waals surface area contributed by atoms with E-state index in [4.69, 9.17) is 5.10 Å². The van der Waals surface area contributed by atoms with Gasteiger partial charge in [0.15, 0.2) is 0 Å². The topological polar surface area (TPSA) is 86.0 Å². The largest absolute Gasteiger partial charge is 0.598 e. The molecule has 0 saturated carbocycles. The third kappa shape index (κ3) is 4.46. The maximum atomic E-state index is 13.1. The summed E-state index contributed by atoms with van der Waals surface area (Å²) < 4.78 is 18.0. The molecule has 6 nitrogen and oxygen atoms in total. The lowest BCUT2D eigenvalue weighted by atomic mass is 9.99. The summed E-state index contributed by atoms with van der Waals surface area (Å²) in [6, 6.07) is 4.08. The number of benzene rings is 1. The van der Waals surface area contributed by atoms with E-state index in [0.717, 1.165) is 36.3 Å². The highest BCUT2D eigenvalue weighted by molar-refractivity contribution is 7.90. The number of aryl methyl sites for hydroxylation is 2. The maximum Gasteiger partial charge on any atom is 0.136 e. The zero-order valence-electron chi connectivity index (χ0n) is 20.6. The standard InChI is InChI=1S/C26H34N4O2S2/c1-25(2,3)34(32)29-22(21-15-27-24(33-21)26(4,5)31)20-12-13-30(28-20)23-18-10-6-8-16(18)14-17-9-7-11-19(17)23/h12-15,22,29,31H,6-11H2,1-5H3/t22-,34-/m0/s1. The van der Waals surface area contributed by atoms with Gasteiger partial charge in [0.1, 0.15) is 21.4 Å². The van der Waals surface area contributed by atoms with E-state index < -0.39 is 21.7 Å². The van der Waals surface area contributed by atoms with E-state index in [2.05, 4.69) is 26.7 Å². The summed E-state index contributed by atoms with van der Waals surface area (Å²) in [5.74, 6) is 0. The van der Waals surface area contributed by atoms with Crippen LogP contribution in [0.15, 0.2) is 24.5 Å². The highest BCUT2D eigenvalue weighted by Gasteiger charge is 2.34. The summed E-state index contributed by atoms with van der Waals surface area (Å²) in [4.78, 5) is 5.35. The van der Waals surface area contributed by atoms with Crippen LogP contribution in [0.25, 0.3) is 5.69 Å². The van der Waals surface area contributed by atoms with Gasteiger partial charge in [-0.1, -0.05) is 6.07 Å². The van der Waals surface area contributed by atoms with Gasteiger partial charge in [0, 0.05) is 23.8 Å². The summed E-state index contributed by atoms with van der Waals surface area (Å²) in [6.45, 7) is 9.33. The van der Waals surface area contributed by atoms with E-state index in [0.29, 0.717) is 5.01 Å². The molecule has 1 aromatic carbocycles. The molecule has 0 unspecified atom stereocenters. The van der Waals surface area contributed by atoms with Crippen LogP contribution in [0, 0.1) is 0 Å². The molecule has 34 heavy (non-hydrogen) atoms. The Morgan fingerprint density at radius 1 is 1.09 bits per heavy atom. The number of aromatic nitrogens is 3. The number of thiazole rings is 1. The smallest absolute Gasteiger partial charge is 0.136 e. The van der Waals surface area contributed by atoms with Crippen LogP contribution in [-0.4, -0.2) is 29.2 Å². The van der Waals surface area contributed by atoms with Gasteiger partial charge < -0.3 is 9.66 Å². The normalized spacial score (nSPS) is 17.6. The molecule has 2 atom stereocenters. The van der Waals surface area contributed by atoms with Crippen LogP contribution in [0.1, 0.15) is 91.3 Å². The van der Waals surface area contributed by atoms with Gasteiger partial charge in [0.2, 0.25) is 0 Å². The third-order valence-electron chi connectivity index (χ3n) is 6.69. The molecule has 3 aromatic rings. The zero-order valence-corrected chi connectivity index (χ0v) is 22.3. The van der Waals surface area contributed by atoms with Crippen molar-refractivity contribution in [1.82, 2.24) is 19.5 Å². The van der Waals surface area contributed by atoms with Crippen molar-refractivity contribution in [2.75, 3.05) is 0 Å². The zero-order chi connectivity index (χ0) is 24.3. The van der Waals surface area contributed by atoms with E-state index in [9.17, 15) is 9.66 Å². The first-order chi connectivity index (χ1) is 16.0. The first-order valence-corrected chi connectivity index (χ1v) is 14.1. The summed E-state index contributed by atoms with van der Waals surface area (Å²) in [7, 11) is 0. The predicted octanol–water partition coefficient (Wildman–Crippen LogP) is 4.67. The highest BCUT2D eigenvalue weighted by Crippen LogP contribution is 2.38. The second-order valence-electron chi connectivity index (χ2n) is 11.0. The Hall–Kier alpha value is -1.71. The fraction of sp³-hybridized carbons (Fsp3) is 0.538. The fourth-order valence-electron chi connectivity index (χ4n) is 4.93. The minimum Gasteiger partial charge on any atom is -0.598 e. The van der Waals surface area contributed by atoms with Crippen molar-refractivity contribution in [2.24, 2.45) is 0 Å². The average molecular weight is 499 g/mol. The van der Waals surface area contributed by atoms with Crippen LogP contribution in [0.3, 0.4) is 0 Å². The van der Waals surface area contributed by atoms with Crippen molar-refractivity contribution in [3.05, 3.63) is 62.4 Å². The second kappa shape index (κ2) is 8.75. The fourth-order valence-corrected chi connectivity index (χ4v) is 6.80. The molecule has 5 rings (SSSR count). The summed E-state index contributed by atoms with van der Waals surface area (Å²) in [6.07, 6.45) is 10.7. The molecule has 2 N–H and O–H groups in total. The molecule has 0 aliphatic heterocycles. The van der Waals surface area contributed by atoms with Crippen LogP contribution in [0.5, 0.6) is 0 Å². The van der Waals surface area contributed by atoms with Crippen LogP contribution >= 0.6 is 11.3 Å². The Morgan fingerprint density at radius 3 is 2.29 bits per heavy atom. The number of rotatable bonds is 6. The van der Waals surface area contributed by atoms with Crippen molar-refractivity contribution in [3.63, 3.8) is 0 Å². The summed E-state index contributed by atoms with van der Waals surface area (Å²) in [5.41, 5.74) is 6.90. The van der Waals surface area contributed by atoms with Crippen LogP contribution < -0.4 is 4.72 Å².